The Hall–Kier alpha value is -1.41. The highest BCUT2D eigenvalue weighted by Gasteiger charge is 2.21. The summed E-state index contributed by atoms with van der Waals surface area (Å²) in [4.78, 5) is 2.59. The molecule has 6 nitrogen and oxygen atoms in total. The van der Waals surface area contributed by atoms with Crippen LogP contribution in [0.25, 0.3) is 10.9 Å². The Morgan fingerprint density at radius 1 is 1.29 bits per heavy atom. The number of fused-ring (bicyclic) bond motifs is 3. The average molecular weight is 350 g/mol. The lowest BCUT2D eigenvalue weighted by molar-refractivity contribution is 0.290. The van der Waals surface area contributed by atoms with Gasteiger partial charge < -0.3 is 14.8 Å². The van der Waals surface area contributed by atoms with Crippen LogP contribution in [0.3, 0.4) is 0 Å². The molecule has 0 saturated carbocycles. The maximum absolute atomic E-state index is 11.7. The first-order valence-corrected chi connectivity index (χ1v) is 10.1. The number of nitrogens with zero attached hydrogens (tertiary/aromatic N) is 2. The van der Waals surface area contributed by atoms with E-state index >= 15 is 0 Å². The largest absolute Gasteiger partial charge is 0.342 e. The first kappa shape index (κ1) is 17.4. The summed E-state index contributed by atoms with van der Waals surface area (Å²) in [5.74, 6) is 0. The van der Waals surface area contributed by atoms with Crippen LogP contribution in [0.15, 0.2) is 23.1 Å². The number of likely N-dealkylation sites (N-methyl/N-ethyl adjacent to an activating group) is 1. The maximum Gasteiger partial charge on any atom is 0.238 e. The Labute approximate surface area is 143 Å². The third-order valence-electron chi connectivity index (χ3n) is 4.97. The smallest absolute Gasteiger partial charge is 0.238 e. The van der Waals surface area contributed by atoms with Crippen LogP contribution in [0.4, 0.5) is 0 Å². The number of benzene rings is 1. The lowest BCUT2D eigenvalue weighted by Crippen LogP contribution is -2.29. The second-order valence-corrected chi connectivity index (χ2v) is 7.82. The maximum atomic E-state index is 11.7. The van der Waals surface area contributed by atoms with Gasteiger partial charge in [0.25, 0.3) is 0 Å². The predicted octanol–water partition coefficient (Wildman–Crippen LogP) is 1.28. The quantitative estimate of drug-likeness (QED) is 0.822. The van der Waals surface area contributed by atoms with Crippen LogP contribution in [0, 0.1) is 0 Å². The molecule has 0 unspecified atom stereocenters. The Morgan fingerprint density at radius 3 is 2.71 bits per heavy atom. The van der Waals surface area contributed by atoms with Gasteiger partial charge in [-0.15, -0.1) is 0 Å². The van der Waals surface area contributed by atoms with Crippen molar-refractivity contribution in [2.45, 2.75) is 38.3 Å². The Kier molecular flexibility index (Phi) is 4.96. The van der Waals surface area contributed by atoms with Crippen molar-refractivity contribution in [3.8, 4) is 0 Å². The number of sulfonamides is 1. The van der Waals surface area contributed by atoms with Crippen LogP contribution < -0.4 is 10.5 Å². The minimum absolute atomic E-state index is 0.192. The summed E-state index contributed by atoms with van der Waals surface area (Å²) < 4.78 is 25.7. The highest BCUT2D eigenvalue weighted by atomic mass is 32.2. The molecule has 0 atom stereocenters. The molecule has 0 spiro atoms. The Balaban J connectivity index is 2.08. The number of nitrogens with two attached hydrogens (primary N) is 1. The lowest BCUT2D eigenvalue weighted by atomic mass is 10.0. The minimum Gasteiger partial charge on any atom is -0.342 e. The van der Waals surface area contributed by atoms with Gasteiger partial charge in [-0.25, -0.2) is 13.6 Å². The standard InChI is InChI=1S/C17H26N4O2S/c1-3-20(4-2)9-10-21-16-6-5-13(24(18,22)23)11-15(16)14-7-8-19-12-17(14)21/h5-6,11,19H,3-4,7-10,12H2,1-2H3,(H2,18,22,23). The normalized spacial score (nSPS) is 15.2. The van der Waals surface area contributed by atoms with Crippen LogP contribution in [0.5, 0.6) is 0 Å². The van der Waals surface area contributed by atoms with Crippen molar-refractivity contribution < 1.29 is 8.42 Å². The zero-order valence-electron chi connectivity index (χ0n) is 14.4. The fourth-order valence-corrected chi connectivity index (χ4v) is 4.11. The molecule has 7 heteroatoms. The molecule has 1 aliphatic heterocycles. The van der Waals surface area contributed by atoms with Gasteiger partial charge in [0.15, 0.2) is 0 Å². The minimum atomic E-state index is -3.68. The molecule has 1 aromatic carbocycles. The molecule has 3 N–H and O–H groups in total. The summed E-state index contributed by atoms with van der Waals surface area (Å²) in [6, 6.07) is 5.25. The van der Waals surface area contributed by atoms with Crippen molar-refractivity contribution in [1.82, 2.24) is 14.8 Å². The predicted molar refractivity (Wildman–Crippen MR) is 96.5 cm³/mol. The van der Waals surface area contributed by atoms with E-state index in [-0.39, 0.29) is 4.90 Å². The van der Waals surface area contributed by atoms with E-state index in [4.69, 9.17) is 5.14 Å². The van der Waals surface area contributed by atoms with E-state index in [1.165, 1.54) is 11.3 Å². The molecule has 0 fully saturated rings. The molecular weight excluding hydrogens is 324 g/mol. The molecule has 0 amide bonds. The molecular formula is C17H26N4O2S. The Morgan fingerprint density at radius 2 is 2.04 bits per heavy atom. The zero-order chi connectivity index (χ0) is 17.3. The molecule has 24 heavy (non-hydrogen) atoms. The second kappa shape index (κ2) is 6.84. The fraction of sp³-hybridized carbons (Fsp3) is 0.529. The second-order valence-electron chi connectivity index (χ2n) is 6.25. The highest BCUT2D eigenvalue weighted by Crippen LogP contribution is 2.30. The summed E-state index contributed by atoms with van der Waals surface area (Å²) >= 11 is 0. The van der Waals surface area contributed by atoms with E-state index in [1.54, 1.807) is 12.1 Å². The number of aromatic nitrogens is 1. The lowest BCUT2D eigenvalue weighted by Gasteiger charge is -2.21. The average Bonchev–Trinajstić information content (AvgIpc) is 2.89. The first-order chi connectivity index (χ1) is 11.5. The van der Waals surface area contributed by atoms with Gasteiger partial charge in [0, 0.05) is 36.2 Å². The third kappa shape index (κ3) is 3.21. The molecule has 1 aromatic heterocycles. The third-order valence-corrected chi connectivity index (χ3v) is 5.88. The van der Waals surface area contributed by atoms with Crippen LogP contribution in [0.1, 0.15) is 25.1 Å². The molecule has 2 heterocycles. The molecule has 2 aromatic rings. The summed E-state index contributed by atoms with van der Waals surface area (Å²) in [6.07, 6.45) is 0.915. The van der Waals surface area contributed by atoms with Gasteiger partial charge in [0.2, 0.25) is 10.0 Å². The topological polar surface area (TPSA) is 80.4 Å². The van der Waals surface area contributed by atoms with Crippen molar-refractivity contribution >= 4 is 20.9 Å². The number of nitrogens with one attached hydrogen (secondary N) is 1. The molecule has 3 rings (SSSR count). The fourth-order valence-electron chi connectivity index (χ4n) is 3.57. The van der Waals surface area contributed by atoms with E-state index in [1.807, 2.05) is 6.07 Å². The van der Waals surface area contributed by atoms with E-state index in [0.717, 1.165) is 56.6 Å². The van der Waals surface area contributed by atoms with Crippen molar-refractivity contribution in [2.24, 2.45) is 5.14 Å². The SMILES string of the molecule is CCN(CC)CCn1c2c(c3cc(S(N)(=O)=O)ccc31)CCNC2. The van der Waals surface area contributed by atoms with Gasteiger partial charge in [0.05, 0.1) is 4.90 Å². The molecule has 0 saturated heterocycles. The monoisotopic (exact) mass is 350 g/mol. The number of hydrogen-bond donors (Lipinski definition) is 2. The molecule has 0 aliphatic carbocycles. The van der Waals surface area contributed by atoms with Crippen LogP contribution in [-0.4, -0.2) is 44.1 Å². The zero-order valence-corrected chi connectivity index (χ0v) is 15.2. The van der Waals surface area contributed by atoms with Gasteiger partial charge in [-0.1, -0.05) is 13.8 Å². The Bertz CT molecular complexity index is 838. The van der Waals surface area contributed by atoms with Crippen molar-refractivity contribution in [3.63, 3.8) is 0 Å². The van der Waals surface area contributed by atoms with E-state index in [0.29, 0.717) is 0 Å². The number of primary sulfonamides is 1. The molecule has 0 radical (unpaired) electrons. The van der Waals surface area contributed by atoms with E-state index in [9.17, 15) is 8.42 Å². The van der Waals surface area contributed by atoms with E-state index in [2.05, 4.69) is 28.6 Å². The highest BCUT2D eigenvalue weighted by molar-refractivity contribution is 7.89. The van der Waals surface area contributed by atoms with Gasteiger partial charge in [-0.05, 0) is 49.8 Å². The van der Waals surface area contributed by atoms with Crippen LogP contribution in [-0.2, 0) is 29.5 Å². The van der Waals surface area contributed by atoms with Crippen molar-refractivity contribution in [1.29, 1.82) is 0 Å². The summed E-state index contributed by atoms with van der Waals surface area (Å²) in [6.45, 7) is 10.1. The van der Waals surface area contributed by atoms with Gasteiger partial charge in [-0.2, -0.15) is 0 Å². The van der Waals surface area contributed by atoms with Gasteiger partial charge >= 0.3 is 0 Å². The van der Waals surface area contributed by atoms with Gasteiger partial charge in [0.1, 0.15) is 0 Å². The number of hydrogen-bond acceptors (Lipinski definition) is 4. The van der Waals surface area contributed by atoms with Crippen LogP contribution in [0.2, 0.25) is 0 Å². The summed E-state index contributed by atoms with van der Waals surface area (Å²) in [5.41, 5.74) is 3.63. The van der Waals surface area contributed by atoms with Crippen LogP contribution >= 0.6 is 0 Å². The molecule has 132 valence electrons. The van der Waals surface area contributed by atoms with E-state index < -0.39 is 10.0 Å². The summed E-state index contributed by atoms with van der Waals surface area (Å²) in [7, 11) is -3.68. The molecule has 1 aliphatic rings. The molecule has 0 bridgehead atoms. The van der Waals surface area contributed by atoms with Crippen molar-refractivity contribution in [2.75, 3.05) is 26.2 Å². The first-order valence-electron chi connectivity index (χ1n) is 8.55. The van der Waals surface area contributed by atoms with Gasteiger partial charge in [-0.3, -0.25) is 0 Å². The number of rotatable bonds is 6. The summed E-state index contributed by atoms with van der Waals surface area (Å²) in [5, 5.41) is 9.76. The van der Waals surface area contributed by atoms with Crippen molar-refractivity contribution in [3.05, 3.63) is 29.5 Å².